The maximum Gasteiger partial charge on any atom is 0.106 e. The molecule has 0 fully saturated rings. The largest absolute Gasteiger partial charge is 0.396 e. The minimum Gasteiger partial charge on any atom is -0.396 e. The van der Waals surface area contributed by atoms with Gasteiger partial charge >= 0.3 is 0 Å². The molecule has 0 radical (unpaired) electrons. The van der Waals surface area contributed by atoms with Crippen molar-refractivity contribution in [3.8, 4) is 0 Å². The van der Waals surface area contributed by atoms with Crippen LogP contribution in [0, 0.1) is 5.92 Å². The smallest absolute Gasteiger partial charge is 0.106 e. The van der Waals surface area contributed by atoms with Gasteiger partial charge in [0, 0.05) is 13.2 Å². The molecule has 0 aliphatic rings. The molecule has 1 heterocycles. The van der Waals surface area contributed by atoms with Gasteiger partial charge in [0.1, 0.15) is 5.52 Å². The summed E-state index contributed by atoms with van der Waals surface area (Å²) in [6.07, 6.45) is 3.08. The Morgan fingerprint density at radius 3 is 3.00 bits per heavy atom. The normalized spacial score (nSPS) is 12.7. The number of nitrogens with one attached hydrogen (secondary N) is 1. The number of hydrogen-bond acceptors (Lipinski definition) is 5. The van der Waals surface area contributed by atoms with Crippen molar-refractivity contribution in [2.24, 2.45) is 5.92 Å². The number of anilines is 2. The van der Waals surface area contributed by atoms with E-state index in [1.807, 2.05) is 17.6 Å². The molecule has 0 saturated heterocycles. The van der Waals surface area contributed by atoms with Crippen LogP contribution in [0.25, 0.3) is 10.2 Å². The Hall–Kier alpha value is -1.33. The van der Waals surface area contributed by atoms with Crippen LogP contribution in [0.2, 0.25) is 0 Å². The highest BCUT2D eigenvalue weighted by molar-refractivity contribution is 7.16. The molecule has 19 heavy (non-hydrogen) atoms. The van der Waals surface area contributed by atoms with Crippen molar-refractivity contribution >= 4 is 32.9 Å². The molecule has 104 valence electrons. The minimum atomic E-state index is 0.243. The van der Waals surface area contributed by atoms with Crippen molar-refractivity contribution < 1.29 is 5.11 Å². The lowest BCUT2D eigenvalue weighted by molar-refractivity contribution is 0.255. The number of aliphatic hydroxyl groups excluding tert-OH is 1. The monoisotopic (exact) mass is 279 g/mol. The van der Waals surface area contributed by atoms with Crippen molar-refractivity contribution in [2.75, 3.05) is 24.2 Å². The van der Waals surface area contributed by atoms with E-state index in [1.54, 1.807) is 11.3 Å². The second kappa shape index (κ2) is 6.73. The Labute approximate surface area is 117 Å². The molecular formula is C14H21N3OS. The molecule has 0 bridgehead atoms. The van der Waals surface area contributed by atoms with E-state index in [9.17, 15) is 0 Å². The van der Waals surface area contributed by atoms with E-state index < -0.39 is 0 Å². The molecule has 5 heteroatoms. The Morgan fingerprint density at radius 1 is 1.42 bits per heavy atom. The fraction of sp³-hybridized carbons (Fsp3) is 0.500. The zero-order valence-corrected chi connectivity index (χ0v) is 12.0. The first-order chi connectivity index (χ1) is 9.26. The van der Waals surface area contributed by atoms with Gasteiger partial charge in [-0.05, 0) is 30.9 Å². The average molecular weight is 279 g/mol. The van der Waals surface area contributed by atoms with Gasteiger partial charge in [0.15, 0.2) is 0 Å². The number of nitrogens with two attached hydrogens (primary N) is 1. The molecule has 1 aromatic carbocycles. The third-order valence-electron chi connectivity index (χ3n) is 3.36. The molecule has 0 spiro atoms. The lowest BCUT2D eigenvalue weighted by Crippen LogP contribution is -2.16. The fourth-order valence-electron chi connectivity index (χ4n) is 2.30. The molecule has 2 rings (SSSR count). The summed E-state index contributed by atoms with van der Waals surface area (Å²) in [6, 6.07) is 4.06. The highest BCUT2D eigenvalue weighted by atomic mass is 32.1. The number of nitrogens with zero attached hydrogens (tertiary/aromatic N) is 1. The van der Waals surface area contributed by atoms with Crippen molar-refractivity contribution in [3.63, 3.8) is 0 Å². The minimum absolute atomic E-state index is 0.243. The molecule has 4 nitrogen and oxygen atoms in total. The Balaban J connectivity index is 2.05. The van der Waals surface area contributed by atoms with Crippen LogP contribution in [0.3, 0.4) is 0 Å². The first kappa shape index (κ1) is 14.1. The number of hydrogen-bond donors (Lipinski definition) is 3. The van der Waals surface area contributed by atoms with Crippen LogP contribution in [-0.4, -0.2) is 23.2 Å². The van der Waals surface area contributed by atoms with E-state index in [2.05, 4.69) is 17.2 Å². The van der Waals surface area contributed by atoms with Crippen LogP contribution in [0.5, 0.6) is 0 Å². The number of benzene rings is 1. The van der Waals surface area contributed by atoms with Crippen LogP contribution < -0.4 is 11.1 Å². The summed E-state index contributed by atoms with van der Waals surface area (Å²) in [4.78, 5) is 4.29. The summed E-state index contributed by atoms with van der Waals surface area (Å²) in [5.74, 6) is 0.487. The van der Waals surface area contributed by atoms with Gasteiger partial charge in [-0.2, -0.15) is 0 Å². The van der Waals surface area contributed by atoms with E-state index in [1.165, 1.54) is 0 Å². The van der Waals surface area contributed by atoms with Gasteiger partial charge in [-0.15, -0.1) is 11.3 Å². The lowest BCUT2D eigenvalue weighted by atomic mass is 10.00. The molecule has 0 aliphatic carbocycles. The van der Waals surface area contributed by atoms with Crippen molar-refractivity contribution in [1.29, 1.82) is 0 Å². The quantitative estimate of drug-likeness (QED) is 0.681. The number of thiazole rings is 1. The molecule has 1 aromatic heterocycles. The summed E-state index contributed by atoms with van der Waals surface area (Å²) in [6.45, 7) is 3.25. The second-order valence-corrected chi connectivity index (χ2v) is 5.66. The summed E-state index contributed by atoms with van der Waals surface area (Å²) in [7, 11) is 0. The molecule has 0 aliphatic heterocycles. The average Bonchev–Trinajstić information content (AvgIpc) is 2.87. The predicted octanol–water partition coefficient (Wildman–Crippen LogP) is 3.09. The van der Waals surface area contributed by atoms with Crippen molar-refractivity contribution in [1.82, 2.24) is 4.98 Å². The first-order valence-electron chi connectivity index (χ1n) is 6.72. The number of aromatic nitrogens is 1. The highest BCUT2D eigenvalue weighted by Gasteiger charge is 2.10. The van der Waals surface area contributed by atoms with E-state index in [0.717, 1.165) is 47.4 Å². The Bertz CT molecular complexity index is 520. The van der Waals surface area contributed by atoms with Crippen LogP contribution in [0.4, 0.5) is 11.4 Å². The summed E-state index contributed by atoms with van der Waals surface area (Å²) >= 11 is 1.60. The van der Waals surface area contributed by atoms with Gasteiger partial charge in [-0.1, -0.05) is 13.3 Å². The van der Waals surface area contributed by atoms with E-state index in [0.29, 0.717) is 5.92 Å². The summed E-state index contributed by atoms with van der Waals surface area (Å²) in [5.41, 5.74) is 10.5. The van der Waals surface area contributed by atoms with Crippen molar-refractivity contribution in [2.45, 2.75) is 26.2 Å². The van der Waals surface area contributed by atoms with Gasteiger partial charge in [0.25, 0.3) is 0 Å². The van der Waals surface area contributed by atoms with Crippen LogP contribution >= 0.6 is 11.3 Å². The third-order valence-corrected chi connectivity index (χ3v) is 4.15. The number of aliphatic hydroxyl groups is 1. The third kappa shape index (κ3) is 3.36. The van der Waals surface area contributed by atoms with Crippen LogP contribution in [-0.2, 0) is 0 Å². The van der Waals surface area contributed by atoms with Crippen LogP contribution in [0.1, 0.15) is 26.2 Å². The number of nitrogen functional groups attached to an aromatic ring is 1. The Kier molecular flexibility index (Phi) is 4.99. The molecule has 4 N–H and O–H groups in total. The molecule has 0 saturated carbocycles. The summed E-state index contributed by atoms with van der Waals surface area (Å²) < 4.78 is 1.11. The van der Waals surface area contributed by atoms with E-state index in [-0.39, 0.29) is 6.61 Å². The van der Waals surface area contributed by atoms with Gasteiger partial charge in [-0.25, -0.2) is 4.98 Å². The fourth-order valence-corrected chi connectivity index (χ4v) is 2.99. The van der Waals surface area contributed by atoms with Gasteiger partial charge < -0.3 is 16.2 Å². The lowest BCUT2D eigenvalue weighted by Gasteiger charge is -2.17. The first-order valence-corrected chi connectivity index (χ1v) is 7.60. The maximum absolute atomic E-state index is 9.07. The van der Waals surface area contributed by atoms with Gasteiger partial charge in [-0.3, -0.25) is 0 Å². The zero-order chi connectivity index (χ0) is 13.7. The zero-order valence-electron chi connectivity index (χ0n) is 11.2. The van der Waals surface area contributed by atoms with Gasteiger partial charge in [0.2, 0.25) is 0 Å². The highest BCUT2D eigenvalue weighted by Crippen LogP contribution is 2.30. The van der Waals surface area contributed by atoms with Crippen molar-refractivity contribution in [3.05, 3.63) is 17.6 Å². The summed E-state index contributed by atoms with van der Waals surface area (Å²) in [5, 5.41) is 12.5. The molecule has 1 atom stereocenters. The molecule has 2 aromatic rings. The molecule has 0 amide bonds. The van der Waals surface area contributed by atoms with Crippen LogP contribution in [0.15, 0.2) is 17.6 Å². The SMILES string of the molecule is CCCC(CCO)CNc1ccc2scnc2c1N. The standard InChI is InChI=1S/C14H21N3OS/c1-2-3-10(6-7-18)8-16-11-4-5-12-14(13(11)15)17-9-19-12/h4-5,9-10,16,18H,2-3,6-8,15H2,1H3. The van der Waals surface area contributed by atoms with E-state index >= 15 is 0 Å². The number of rotatable bonds is 7. The Morgan fingerprint density at radius 2 is 2.26 bits per heavy atom. The molecule has 1 unspecified atom stereocenters. The number of fused-ring (bicyclic) bond motifs is 1. The molecular weight excluding hydrogens is 258 g/mol. The maximum atomic E-state index is 9.07. The second-order valence-electron chi connectivity index (χ2n) is 4.77. The predicted molar refractivity (Wildman–Crippen MR) is 82.6 cm³/mol. The topological polar surface area (TPSA) is 71.2 Å². The van der Waals surface area contributed by atoms with Gasteiger partial charge in [0.05, 0.1) is 21.6 Å². The van der Waals surface area contributed by atoms with E-state index in [4.69, 9.17) is 10.8 Å².